The molecule has 1 aromatic carbocycles. The number of nitrogens with zero attached hydrogens (tertiary/aromatic N) is 1. The maximum Gasteiger partial charge on any atom is 0.0847 e. The highest BCUT2D eigenvalue weighted by Gasteiger charge is 2.04. The average Bonchev–Trinajstić information content (AvgIpc) is 2.42. The minimum absolute atomic E-state index is 0.149. The van der Waals surface area contributed by atoms with E-state index < -0.39 is 6.10 Å². The predicted octanol–water partition coefficient (Wildman–Crippen LogP) is 1.52. The summed E-state index contributed by atoms with van der Waals surface area (Å²) in [4.78, 5) is 2.09. The summed E-state index contributed by atoms with van der Waals surface area (Å²) >= 11 is 5.52. The second kappa shape index (κ2) is 8.19. The predicted molar refractivity (Wildman–Crippen MR) is 76.6 cm³/mol. The summed E-state index contributed by atoms with van der Waals surface area (Å²) < 4.78 is 0. The van der Waals surface area contributed by atoms with Gasteiger partial charge in [0.05, 0.1) is 18.6 Å². The van der Waals surface area contributed by atoms with Crippen LogP contribution in [0.5, 0.6) is 0 Å². The van der Waals surface area contributed by atoms with Gasteiger partial charge in [-0.25, -0.2) is 0 Å². The number of rotatable bonds is 8. The molecule has 0 radical (unpaired) electrons. The molecule has 0 spiro atoms. The Morgan fingerprint density at radius 1 is 1.33 bits per heavy atom. The third-order valence-corrected chi connectivity index (χ3v) is 3.06. The molecule has 18 heavy (non-hydrogen) atoms. The van der Waals surface area contributed by atoms with E-state index in [1.807, 2.05) is 24.3 Å². The van der Waals surface area contributed by atoms with Crippen LogP contribution in [0.25, 0.3) is 0 Å². The summed E-state index contributed by atoms with van der Waals surface area (Å²) in [6.07, 6.45) is -0.534. The molecule has 0 saturated heterocycles. The fraction of sp³-hybridized carbons (Fsp3) is 0.538. The van der Waals surface area contributed by atoms with Crippen molar-refractivity contribution in [3.05, 3.63) is 24.3 Å². The van der Waals surface area contributed by atoms with E-state index >= 15 is 0 Å². The molecule has 0 fully saturated rings. The lowest BCUT2D eigenvalue weighted by atomic mass is 10.2. The number of benzene rings is 1. The van der Waals surface area contributed by atoms with Gasteiger partial charge in [0.1, 0.15) is 0 Å². The molecule has 4 nitrogen and oxygen atoms in total. The minimum atomic E-state index is -0.534. The van der Waals surface area contributed by atoms with Crippen molar-refractivity contribution in [2.75, 3.05) is 42.3 Å². The van der Waals surface area contributed by atoms with E-state index in [2.05, 4.69) is 17.1 Å². The first-order valence-corrected chi connectivity index (χ1v) is 6.68. The Hall–Kier alpha value is -0.970. The molecule has 1 rings (SSSR count). The van der Waals surface area contributed by atoms with E-state index in [9.17, 15) is 5.11 Å². The van der Waals surface area contributed by atoms with Gasteiger partial charge in [-0.1, -0.05) is 0 Å². The van der Waals surface area contributed by atoms with Crippen LogP contribution in [0.1, 0.15) is 6.92 Å². The van der Waals surface area contributed by atoms with E-state index in [4.69, 9.17) is 16.7 Å². The number of anilines is 2. The highest BCUT2D eigenvalue weighted by atomic mass is 35.5. The molecule has 5 heteroatoms. The molecule has 1 atom stereocenters. The standard InChI is InChI=1S/C13H21ClN2O2/c1-2-16(7-8-17)12-5-3-11(4-6-12)15-10-13(18)9-14/h3-6,13,15,17-18H,2,7-10H2,1H3. The van der Waals surface area contributed by atoms with Crippen molar-refractivity contribution in [2.45, 2.75) is 13.0 Å². The quantitative estimate of drug-likeness (QED) is 0.628. The molecule has 0 bridgehead atoms. The third kappa shape index (κ3) is 4.72. The monoisotopic (exact) mass is 272 g/mol. The van der Waals surface area contributed by atoms with Crippen molar-refractivity contribution in [1.82, 2.24) is 0 Å². The van der Waals surface area contributed by atoms with Crippen LogP contribution < -0.4 is 10.2 Å². The lowest BCUT2D eigenvalue weighted by Gasteiger charge is -2.22. The second-order valence-electron chi connectivity index (χ2n) is 4.04. The van der Waals surface area contributed by atoms with E-state index in [-0.39, 0.29) is 12.5 Å². The van der Waals surface area contributed by atoms with Crippen LogP contribution in [-0.4, -0.2) is 48.4 Å². The molecule has 0 aliphatic rings. The van der Waals surface area contributed by atoms with Gasteiger partial charge in [-0.15, -0.1) is 11.6 Å². The Morgan fingerprint density at radius 3 is 2.50 bits per heavy atom. The summed E-state index contributed by atoms with van der Waals surface area (Å²) in [6.45, 7) is 4.14. The zero-order valence-electron chi connectivity index (χ0n) is 10.6. The highest BCUT2D eigenvalue weighted by Crippen LogP contribution is 2.17. The Kier molecular flexibility index (Phi) is 6.86. The fourth-order valence-electron chi connectivity index (χ4n) is 1.67. The van der Waals surface area contributed by atoms with Gasteiger partial charge in [-0.2, -0.15) is 0 Å². The third-order valence-electron chi connectivity index (χ3n) is 2.70. The maximum atomic E-state index is 9.34. The lowest BCUT2D eigenvalue weighted by molar-refractivity contribution is 0.211. The van der Waals surface area contributed by atoms with Crippen molar-refractivity contribution < 1.29 is 10.2 Å². The van der Waals surface area contributed by atoms with Crippen LogP contribution in [0, 0.1) is 0 Å². The topological polar surface area (TPSA) is 55.7 Å². The second-order valence-corrected chi connectivity index (χ2v) is 4.35. The van der Waals surface area contributed by atoms with E-state index in [1.54, 1.807) is 0 Å². The summed E-state index contributed by atoms with van der Waals surface area (Å²) in [5, 5.41) is 21.4. The Labute approximate surface area is 113 Å². The fourth-order valence-corrected chi connectivity index (χ4v) is 1.78. The Morgan fingerprint density at radius 2 is 2.00 bits per heavy atom. The highest BCUT2D eigenvalue weighted by molar-refractivity contribution is 6.18. The van der Waals surface area contributed by atoms with Gasteiger partial charge in [0.15, 0.2) is 0 Å². The number of alkyl halides is 1. The number of likely N-dealkylation sites (N-methyl/N-ethyl adjacent to an activating group) is 1. The first-order chi connectivity index (χ1) is 8.71. The van der Waals surface area contributed by atoms with Crippen LogP contribution in [0.4, 0.5) is 11.4 Å². The summed E-state index contributed by atoms with van der Waals surface area (Å²) in [7, 11) is 0. The van der Waals surface area contributed by atoms with Gasteiger partial charge in [0, 0.05) is 31.0 Å². The molecule has 0 aliphatic carbocycles. The maximum absolute atomic E-state index is 9.34. The van der Waals surface area contributed by atoms with Gasteiger partial charge in [-0.05, 0) is 31.2 Å². The Balaban J connectivity index is 2.56. The number of aliphatic hydroxyl groups is 2. The molecular weight excluding hydrogens is 252 g/mol. The smallest absolute Gasteiger partial charge is 0.0847 e. The van der Waals surface area contributed by atoms with Crippen LogP contribution >= 0.6 is 11.6 Å². The molecule has 1 aromatic rings. The number of hydrogen-bond donors (Lipinski definition) is 3. The zero-order chi connectivity index (χ0) is 13.4. The Bertz CT molecular complexity index is 332. The summed E-state index contributed by atoms with van der Waals surface area (Å²) in [5.41, 5.74) is 2.03. The first-order valence-electron chi connectivity index (χ1n) is 6.15. The molecule has 0 saturated carbocycles. The SMILES string of the molecule is CCN(CCO)c1ccc(NCC(O)CCl)cc1. The largest absolute Gasteiger partial charge is 0.395 e. The molecule has 1 unspecified atom stereocenters. The number of nitrogens with one attached hydrogen (secondary N) is 1. The molecule has 3 N–H and O–H groups in total. The van der Waals surface area contributed by atoms with E-state index in [0.29, 0.717) is 13.1 Å². The molecular formula is C13H21ClN2O2. The molecule has 102 valence electrons. The number of halogens is 1. The summed E-state index contributed by atoms with van der Waals surface area (Å²) in [6, 6.07) is 7.90. The van der Waals surface area contributed by atoms with Gasteiger partial charge in [-0.3, -0.25) is 0 Å². The van der Waals surface area contributed by atoms with Crippen LogP contribution in [-0.2, 0) is 0 Å². The number of aliphatic hydroxyl groups excluding tert-OH is 2. The normalized spacial score (nSPS) is 12.2. The van der Waals surface area contributed by atoms with Crippen molar-refractivity contribution in [2.24, 2.45) is 0 Å². The van der Waals surface area contributed by atoms with Crippen molar-refractivity contribution in [3.63, 3.8) is 0 Å². The van der Waals surface area contributed by atoms with E-state index in [1.165, 1.54) is 0 Å². The molecule has 0 heterocycles. The van der Waals surface area contributed by atoms with Gasteiger partial charge < -0.3 is 20.4 Å². The lowest BCUT2D eigenvalue weighted by Crippen LogP contribution is -2.26. The van der Waals surface area contributed by atoms with Gasteiger partial charge >= 0.3 is 0 Å². The van der Waals surface area contributed by atoms with Gasteiger partial charge in [0.2, 0.25) is 0 Å². The van der Waals surface area contributed by atoms with Crippen LogP contribution in [0.3, 0.4) is 0 Å². The first kappa shape index (κ1) is 15.1. The number of hydrogen-bond acceptors (Lipinski definition) is 4. The van der Waals surface area contributed by atoms with Crippen molar-refractivity contribution >= 4 is 23.0 Å². The van der Waals surface area contributed by atoms with E-state index in [0.717, 1.165) is 17.9 Å². The minimum Gasteiger partial charge on any atom is -0.395 e. The zero-order valence-corrected chi connectivity index (χ0v) is 11.4. The van der Waals surface area contributed by atoms with Crippen LogP contribution in [0.2, 0.25) is 0 Å². The van der Waals surface area contributed by atoms with Crippen molar-refractivity contribution in [3.8, 4) is 0 Å². The summed E-state index contributed by atoms with van der Waals surface area (Å²) in [5.74, 6) is 0.227. The van der Waals surface area contributed by atoms with Crippen LogP contribution in [0.15, 0.2) is 24.3 Å². The molecule has 0 aromatic heterocycles. The van der Waals surface area contributed by atoms with Gasteiger partial charge in [0.25, 0.3) is 0 Å². The van der Waals surface area contributed by atoms with Crippen molar-refractivity contribution in [1.29, 1.82) is 0 Å². The molecule has 0 aliphatic heterocycles. The average molecular weight is 273 g/mol. The molecule has 0 amide bonds.